The van der Waals surface area contributed by atoms with E-state index in [1.807, 2.05) is 11.3 Å². The van der Waals surface area contributed by atoms with Gasteiger partial charge in [-0.2, -0.15) is 0 Å². The summed E-state index contributed by atoms with van der Waals surface area (Å²) < 4.78 is 0. The second-order valence-corrected chi connectivity index (χ2v) is 6.36. The van der Waals surface area contributed by atoms with Crippen LogP contribution >= 0.6 is 11.3 Å². The number of fused-ring (bicyclic) bond motifs is 1. The smallest absolute Gasteiger partial charge is 0.107 e. The van der Waals surface area contributed by atoms with Gasteiger partial charge in [-0.25, -0.2) is 4.98 Å². The molecule has 0 radical (unpaired) electrons. The molecule has 3 rings (SSSR count). The highest BCUT2D eigenvalue weighted by Crippen LogP contribution is 2.30. The summed E-state index contributed by atoms with van der Waals surface area (Å²) in [5.74, 6) is 0.923. The summed E-state index contributed by atoms with van der Waals surface area (Å²) >= 11 is 1.93. The van der Waals surface area contributed by atoms with Gasteiger partial charge in [0.05, 0.1) is 5.69 Å². The van der Waals surface area contributed by atoms with Gasteiger partial charge in [0.1, 0.15) is 5.01 Å². The zero-order valence-corrected chi connectivity index (χ0v) is 10.8. The second kappa shape index (κ2) is 4.46. The Balaban J connectivity index is 1.53. The van der Waals surface area contributed by atoms with Crippen LogP contribution in [-0.2, 0) is 19.4 Å². The molecule has 1 aromatic heterocycles. The van der Waals surface area contributed by atoms with Crippen LogP contribution < -0.4 is 5.32 Å². The minimum atomic E-state index is 0.674. The van der Waals surface area contributed by atoms with Gasteiger partial charge in [0.15, 0.2) is 0 Å². The third-order valence-electron chi connectivity index (χ3n) is 4.07. The van der Waals surface area contributed by atoms with Crippen molar-refractivity contribution in [2.24, 2.45) is 5.92 Å². The molecule has 1 heterocycles. The Morgan fingerprint density at radius 3 is 2.94 bits per heavy atom. The first-order valence-electron chi connectivity index (χ1n) is 6.54. The van der Waals surface area contributed by atoms with E-state index >= 15 is 0 Å². The van der Waals surface area contributed by atoms with Gasteiger partial charge in [0.2, 0.25) is 0 Å². The van der Waals surface area contributed by atoms with Crippen molar-refractivity contribution in [2.45, 2.75) is 58.0 Å². The number of thiazole rings is 1. The molecule has 2 nitrogen and oxygen atoms in total. The van der Waals surface area contributed by atoms with Crippen molar-refractivity contribution in [3.8, 4) is 0 Å². The van der Waals surface area contributed by atoms with Crippen molar-refractivity contribution in [1.29, 1.82) is 0 Å². The molecule has 2 aliphatic rings. The molecule has 1 saturated carbocycles. The van der Waals surface area contributed by atoms with Crippen molar-refractivity contribution < 1.29 is 0 Å². The molecule has 2 aliphatic carbocycles. The van der Waals surface area contributed by atoms with Crippen LogP contribution in [0.1, 0.15) is 48.2 Å². The standard InChI is InChI=1S/C13H20N2S/c1-9(10-4-2-5-10)14-8-13-15-11-6-3-7-12(11)16-13/h9-10,14H,2-8H2,1H3. The lowest BCUT2D eigenvalue weighted by molar-refractivity contribution is 0.240. The molecule has 3 heteroatoms. The summed E-state index contributed by atoms with van der Waals surface area (Å²) in [6, 6.07) is 0.674. The number of aromatic nitrogens is 1. The highest BCUT2D eigenvalue weighted by molar-refractivity contribution is 7.11. The van der Waals surface area contributed by atoms with Crippen LogP contribution in [0, 0.1) is 5.92 Å². The topological polar surface area (TPSA) is 24.9 Å². The van der Waals surface area contributed by atoms with Crippen LogP contribution in [-0.4, -0.2) is 11.0 Å². The number of hydrogen-bond acceptors (Lipinski definition) is 3. The Labute approximate surface area is 101 Å². The Kier molecular flexibility index (Phi) is 2.99. The average molecular weight is 236 g/mol. The third-order valence-corrected chi connectivity index (χ3v) is 5.23. The van der Waals surface area contributed by atoms with Gasteiger partial charge in [-0.1, -0.05) is 6.42 Å². The zero-order chi connectivity index (χ0) is 11.0. The van der Waals surface area contributed by atoms with Gasteiger partial charge in [-0.15, -0.1) is 11.3 Å². The first-order valence-corrected chi connectivity index (χ1v) is 7.35. The molecule has 1 N–H and O–H groups in total. The Hall–Kier alpha value is -0.410. The first-order chi connectivity index (χ1) is 7.83. The fourth-order valence-electron chi connectivity index (χ4n) is 2.67. The number of nitrogens with zero attached hydrogens (tertiary/aromatic N) is 1. The van der Waals surface area contributed by atoms with Crippen molar-refractivity contribution in [3.05, 3.63) is 15.6 Å². The Bertz CT molecular complexity index is 347. The molecule has 0 amide bonds. The van der Waals surface area contributed by atoms with Gasteiger partial charge in [0, 0.05) is 17.5 Å². The lowest BCUT2D eigenvalue weighted by atomic mass is 9.80. The molecule has 0 aromatic carbocycles. The van der Waals surface area contributed by atoms with E-state index in [0.29, 0.717) is 6.04 Å². The molecule has 0 saturated heterocycles. The quantitative estimate of drug-likeness (QED) is 0.869. The summed E-state index contributed by atoms with van der Waals surface area (Å²) in [4.78, 5) is 6.27. The summed E-state index contributed by atoms with van der Waals surface area (Å²) in [6.07, 6.45) is 8.07. The van der Waals surface area contributed by atoms with Crippen LogP contribution in [0.25, 0.3) is 0 Å². The van der Waals surface area contributed by atoms with Gasteiger partial charge < -0.3 is 5.32 Å². The van der Waals surface area contributed by atoms with Crippen molar-refractivity contribution in [1.82, 2.24) is 10.3 Å². The molecule has 0 bridgehead atoms. The minimum absolute atomic E-state index is 0.674. The molecule has 1 unspecified atom stereocenters. The molecule has 88 valence electrons. The fraction of sp³-hybridized carbons (Fsp3) is 0.769. The van der Waals surface area contributed by atoms with Gasteiger partial charge in [-0.05, 0) is 44.9 Å². The van der Waals surface area contributed by atoms with Crippen LogP contribution in [0.4, 0.5) is 0 Å². The van der Waals surface area contributed by atoms with E-state index in [4.69, 9.17) is 4.98 Å². The van der Waals surface area contributed by atoms with E-state index in [2.05, 4.69) is 12.2 Å². The predicted octanol–water partition coefficient (Wildman–Crippen LogP) is 2.91. The largest absolute Gasteiger partial charge is 0.308 e. The van der Waals surface area contributed by atoms with Gasteiger partial charge in [-0.3, -0.25) is 0 Å². The third kappa shape index (κ3) is 2.03. The fourth-order valence-corrected chi connectivity index (χ4v) is 3.78. The molecule has 1 aromatic rings. The van der Waals surface area contributed by atoms with Crippen LogP contribution in [0.5, 0.6) is 0 Å². The minimum Gasteiger partial charge on any atom is -0.308 e. The highest BCUT2D eigenvalue weighted by atomic mass is 32.1. The highest BCUT2D eigenvalue weighted by Gasteiger charge is 2.24. The number of nitrogens with one attached hydrogen (secondary N) is 1. The van der Waals surface area contributed by atoms with E-state index in [0.717, 1.165) is 12.5 Å². The van der Waals surface area contributed by atoms with Crippen LogP contribution in [0.2, 0.25) is 0 Å². The van der Waals surface area contributed by atoms with E-state index in [1.54, 1.807) is 4.88 Å². The van der Waals surface area contributed by atoms with E-state index in [1.165, 1.54) is 49.2 Å². The molecule has 1 atom stereocenters. The maximum absolute atomic E-state index is 4.72. The Morgan fingerprint density at radius 1 is 1.38 bits per heavy atom. The zero-order valence-electron chi connectivity index (χ0n) is 9.96. The summed E-state index contributed by atoms with van der Waals surface area (Å²) in [6.45, 7) is 3.31. The maximum Gasteiger partial charge on any atom is 0.107 e. The molecule has 1 fully saturated rings. The summed E-state index contributed by atoms with van der Waals surface area (Å²) in [5.41, 5.74) is 1.39. The average Bonchev–Trinajstić information content (AvgIpc) is 2.70. The normalized spacial score (nSPS) is 21.8. The SMILES string of the molecule is CC(NCc1nc2c(s1)CCC2)C1CCC1. The molecular formula is C13H20N2S. The monoisotopic (exact) mass is 236 g/mol. The Morgan fingerprint density at radius 2 is 2.25 bits per heavy atom. The van der Waals surface area contributed by atoms with E-state index in [-0.39, 0.29) is 0 Å². The predicted molar refractivity (Wildman–Crippen MR) is 67.8 cm³/mol. The lowest BCUT2D eigenvalue weighted by Gasteiger charge is -2.31. The maximum atomic E-state index is 4.72. The number of aryl methyl sites for hydroxylation is 2. The molecular weight excluding hydrogens is 216 g/mol. The molecule has 16 heavy (non-hydrogen) atoms. The van der Waals surface area contributed by atoms with Crippen molar-refractivity contribution in [2.75, 3.05) is 0 Å². The van der Waals surface area contributed by atoms with Crippen LogP contribution in [0.15, 0.2) is 0 Å². The second-order valence-electron chi connectivity index (χ2n) is 5.19. The van der Waals surface area contributed by atoms with E-state index in [9.17, 15) is 0 Å². The number of hydrogen-bond donors (Lipinski definition) is 1. The summed E-state index contributed by atoms with van der Waals surface area (Å²) in [5, 5.41) is 4.94. The number of rotatable bonds is 4. The molecule has 0 aliphatic heterocycles. The van der Waals surface area contributed by atoms with Crippen molar-refractivity contribution >= 4 is 11.3 Å². The van der Waals surface area contributed by atoms with Crippen molar-refractivity contribution in [3.63, 3.8) is 0 Å². The van der Waals surface area contributed by atoms with E-state index < -0.39 is 0 Å². The van der Waals surface area contributed by atoms with Gasteiger partial charge >= 0.3 is 0 Å². The lowest BCUT2D eigenvalue weighted by Crippen LogP contribution is -2.36. The summed E-state index contributed by atoms with van der Waals surface area (Å²) in [7, 11) is 0. The first kappa shape index (κ1) is 10.7. The van der Waals surface area contributed by atoms with Crippen LogP contribution in [0.3, 0.4) is 0 Å². The molecule has 0 spiro atoms. The van der Waals surface area contributed by atoms with Gasteiger partial charge in [0.25, 0.3) is 0 Å².